The van der Waals surface area contributed by atoms with Crippen LogP contribution in [0, 0.1) is 6.92 Å². The van der Waals surface area contributed by atoms with E-state index in [0.717, 1.165) is 30.0 Å². The molecule has 1 aromatic carbocycles. The van der Waals surface area contributed by atoms with E-state index in [1.807, 2.05) is 31.2 Å². The molecule has 1 unspecified atom stereocenters. The summed E-state index contributed by atoms with van der Waals surface area (Å²) in [6, 6.07) is 9.34. The van der Waals surface area contributed by atoms with E-state index >= 15 is 0 Å². The fraction of sp³-hybridized carbons (Fsp3) is 0.389. The molecule has 142 valence electrons. The molecule has 0 radical (unpaired) electrons. The van der Waals surface area contributed by atoms with Gasteiger partial charge in [0.2, 0.25) is 0 Å². The number of nitrogens with zero attached hydrogens (tertiary/aromatic N) is 4. The first kappa shape index (κ1) is 17.8. The second kappa shape index (κ2) is 7.58. The first-order chi connectivity index (χ1) is 13.1. The highest BCUT2D eigenvalue weighted by atomic mass is 35.5. The van der Waals surface area contributed by atoms with Gasteiger partial charge in [0, 0.05) is 13.1 Å². The molecule has 9 heteroatoms. The lowest BCUT2D eigenvalue weighted by Gasteiger charge is -2.26. The molecule has 27 heavy (non-hydrogen) atoms. The molecule has 1 aliphatic rings. The van der Waals surface area contributed by atoms with Crippen molar-refractivity contribution in [3.05, 3.63) is 51.5 Å². The maximum Gasteiger partial charge on any atom is 0.367 e. The van der Waals surface area contributed by atoms with Gasteiger partial charge in [-0.15, -0.1) is 10.2 Å². The van der Waals surface area contributed by atoms with Crippen molar-refractivity contribution in [1.82, 2.24) is 24.7 Å². The Morgan fingerprint density at radius 2 is 2.11 bits per heavy atom. The van der Waals surface area contributed by atoms with Crippen LogP contribution in [-0.4, -0.2) is 45.2 Å². The Bertz CT molecular complexity index is 1020. The van der Waals surface area contributed by atoms with E-state index in [-0.39, 0.29) is 16.9 Å². The lowest BCUT2D eigenvalue weighted by Crippen LogP contribution is -2.39. The van der Waals surface area contributed by atoms with Gasteiger partial charge in [-0.05, 0) is 43.7 Å². The maximum absolute atomic E-state index is 12.3. The number of aromatic nitrogens is 4. The number of aryl methyl sites for hydroxylation is 2. The summed E-state index contributed by atoms with van der Waals surface area (Å²) in [6.45, 7) is 4.27. The minimum atomic E-state index is -0.281. The van der Waals surface area contributed by atoms with Crippen LogP contribution in [0.1, 0.15) is 12.0 Å². The smallest absolute Gasteiger partial charge is 0.367 e. The standard InChI is InChI=1S/C18H20ClN5O3/c1-12-9-16(19)21-24-17(12)22-23(18(24)25)8-4-7-20-10-13-11-26-14-5-2-3-6-15(14)27-13/h2-3,5-6,9,13,20H,4,7-8,10-11H2,1H3. The summed E-state index contributed by atoms with van der Waals surface area (Å²) in [6.07, 6.45) is 0.715. The van der Waals surface area contributed by atoms with Gasteiger partial charge in [0.1, 0.15) is 12.7 Å². The Labute approximate surface area is 160 Å². The van der Waals surface area contributed by atoms with Crippen LogP contribution in [0.25, 0.3) is 5.65 Å². The topological polar surface area (TPSA) is 82.7 Å². The predicted molar refractivity (Wildman–Crippen MR) is 101 cm³/mol. The SMILES string of the molecule is Cc1cc(Cl)nn2c(=O)n(CCCNCC3COc4ccccc4O3)nc12. The second-order valence-electron chi connectivity index (χ2n) is 6.45. The normalized spacial score (nSPS) is 16.0. The van der Waals surface area contributed by atoms with Crippen LogP contribution in [0.2, 0.25) is 5.15 Å². The Morgan fingerprint density at radius 1 is 1.30 bits per heavy atom. The van der Waals surface area contributed by atoms with Gasteiger partial charge in [-0.25, -0.2) is 9.48 Å². The molecule has 1 N–H and O–H groups in total. The minimum Gasteiger partial charge on any atom is -0.486 e. The Kier molecular flexibility index (Phi) is 5.00. The number of hydrogen-bond donors (Lipinski definition) is 1. The van der Waals surface area contributed by atoms with Gasteiger partial charge in [0.15, 0.2) is 22.3 Å². The largest absolute Gasteiger partial charge is 0.486 e. The summed E-state index contributed by atoms with van der Waals surface area (Å²) in [7, 11) is 0. The van der Waals surface area contributed by atoms with E-state index in [4.69, 9.17) is 21.1 Å². The van der Waals surface area contributed by atoms with Crippen molar-refractivity contribution in [3.63, 3.8) is 0 Å². The van der Waals surface area contributed by atoms with E-state index in [0.29, 0.717) is 25.3 Å². The van der Waals surface area contributed by atoms with Crippen molar-refractivity contribution in [2.75, 3.05) is 19.7 Å². The van der Waals surface area contributed by atoms with Crippen molar-refractivity contribution >= 4 is 17.2 Å². The van der Waals surface area contributed by atoms with Crippen LogP contribution in [0.5, 0.6) is 11.5 Å². The number of halogens is 1. The van der Waals surface area contributed by atoms with Crippen LogP contribution >= 0.6 is 11.6 Å². The van der Waals surface area contributed by atoms with Crippen LogP contribution < -0.4 is 20.5 Å². The Balaban J connectivity index is 1.28. The highest BCUT2D eigenvalue weighted by molar-refractivity contribution is 6.29. The fourth-order valence-electron chi connectivity index (χ4n) is 3.03. The van der Waals surface area contributed by atoms with Crippen molar-refractivity contribution in [2.24, 2.45) is 0 Å². The van der Waals surface area contributed by atoms with Gasteiger partial charge < -0.3 is 14.8 Å². The van der Waals surface area contributed by atoms with Crippen molar-refractivity contribution in [2.45, 2.75) is 26.0 Å². The lowest BCUT2D eigenvalue weighted by atomic mass is 10.2. The first-order valence-corrected chi connectivity index (χ1v) is 9.22. The molecule has 1 aliphatic heterocycles. The van der Waals surface area contributed by atoms with Crippen LogP contribution in [0.4, 0.5) is 0 Å². The molecule has 1 atom stereocenters. The number of para-hydroxylation sites is 2. The Morgan fingerprint density at radius 3 is 2.96 bits per heavy atom. The molecular weight excluding hydrogens is 370 g/mol. The first-order valence-electron chi connectivity index (χ1n) is 8.84. The number of rotatable bonds is 6. The lowest BCUT2D eigenvalue weighted by molar-refractivity contribution is 0.0904. The molecule has 0 fully saturated rings. The molecular formula is C18H20ClN5O3. The zero-order chi connectivity index (χ0) is 18.8. The average molecular weight is 390 g/mol. The van der Waals surface area contributed by atoms with E-state index in [9.17, 15) is 4.79 Å². The maximum atomic E-state index is 12.3. The van der Waals surface area contributed by atoms with Crippen LogP contribution in [0.15, 0.2) is 35.1 Å². The molecule has 8 nitrogen and oxygen atoms in total. The molecule has 0 saturated carbocycles. The number of ether oxygens (including phenoxy) is 2. The molecule has 0 aliphatic carbocycles. The zero-order valence-corrected chi connectivity index (χ0v) is 15.6. The highest BCUT2D eigenvalue weighted by Gasteiger charge is 2.19. The molecule has 0 bridgehead atoms. The summed E-state index contributed by atoms with van der Waals surface area (Å²) < 4.78 is 14.3. The van der Waals surface area contributed by atoms with E-state index in [2.05, 4.69) is 15.5 Å². The monoisotopic (exact) mass is 389 g/mol. The molecule has 0 spiro atoms. The molecule has 0 saturated heterocycles. The number of fused-ring (bicyclic) bond motifs is 2. The van der Waals surface area contributed by atoms with Gasteiger partial charge in [0.05, 0.1) is 0 Å². The van der Waals surface area contributed by atoms with Crippen LogP contribution in [0.3, 0.4) is 0 Å². The van der Waals surface area contributed by atoms with E-state index in [1.54, 1.807) is 6.07 Å². The van der Waals surface area contributed by atoms with Gasteiger partial charge >= 0.3 is 5.69 Å². The fourth-order valence-corrected chi connectivity index (χ4v) is 3.27. The van der Waals surface area contributed by atoms with Gasteiger partial charge in [-0.3, -0.25) is 0 Å². The quantitative estimate of drug-likeness (QED) is 0.646. The average Bonchev–Trinajstić information content (AvgIpc) is 2.98. The third kappa shape index (κ3) is 3.77. The third-order valence-corrected chi connectivity index (χ3v) is 4.55. The van der Waals surface area contributed by atoms with Crippen molar-refractivity contribution in [1.29, 1.82) is 0 Å². The summed E-state index contributed by atoms with van der Waals surface area (Å²) >= 11 is 5.92. The van der Waals surface area contributed by atoms with E-state index < -0.39 is 0 Å². The van der Waals surface area contributed by atoms with E-state index in [1.165, 1.54) is 9.20 Å². The summed E-state index contributed by atoms with van der Waals surface area (Å²) in [5.41, 5.74) is 1.07. The van der Waals surface area contributed by atoms with Gasteiger partial charge in [-0.2, -0.15) is 4.52 Å². The predicted octanol–water partition coefficient (Wildman–Crippen LogP) is 1.67. The summed E-state index contributed by atoms with van der Waals surface area (Å²) in [5, 5.41) is 12.0. The highest BCUT2D eigenvalue weighted by Crippen LogP contribution is 2.30. The van der Waals surface area contributed by atoms with Crippen molar-refractivity contribution < 1.29 is 9.47 Å². The molecule has 4 rings (SSSR count). The molecule has 0 amide bonds. The molecule has 2 aromatic heterocycles. The molecule has 3 aromatic rings. The van der Waals surface area contributed by atoms with Crippen LogP contribution in [-0.2, 0) is 6.54 Å². The van der Waals surface area contributed by atoms with Crippen molar-refractivity contribution in [3.8, 4) is 11.5 Å². The summed E-state index contributed by atoms with van der Waals surface area (Å²) in [5.74, 6) is 1.55. The zero-order valence-electron chi connectivity index (χ0n) is 14.9. The van der Waals surface area contributed by atoms with Gasteiger partial charge in [0.25, 0.3) is 0 Å². The summed E-state index contributed by atoms with van der Waals surface area (Å²) in [4.78, 5) is 12.3. The minimum absolute atomic E-state index is 0.0354. The number of benzene rings is 1. The second-order valence-corrected chi connectivity index (χ2v) is 6.83. The third-order valence-electron chi connectivity index (χ3n) is 4.36. The molecule has 3 heterocycles. The Hall–Kier alpha value is -2.58. The van der Waals surface area contributed by atoms with Gasteiger partial charge in [-0.1, -0.05) is 23.7 Å². The number of hydrogen-bond acceptors (Lipinski definition) is 6. The number of nitrogens with one attached hydrogen (secondary N) is 1.